The van der Waals surface area contributed by atoms with Crippen molar-refractivity contribution in [1.82, 2.24) is 4.72 Å². The van der Waals surface area contributed by atoms with Crippen LogP contribution in [0.25, 0.3) is 0 Å². The molecule has 1 saturated carbocycles. The van der Waals surface area contributed by atoms with Gasteiger partial charge in [-0.1, -0.05) is 68.3 Å². The first-order valence-electron chi connectivity index (χ1n) is 13.5. The minimum absolute atomic E-state index is 0.00476. The van der Waals surface area contributed by atoms with Gasteiger partial charge in [0.2, 0.25) is 10.0 Å². The summed E-state index contributed by atoms with van der Waals surface area (Å²) in [5.74, 6) is 0.689. The number of rotatable bonds is 10. The smallest absolute Gasteiger partial charge is 0.240 e. The van der Waals surface area contributed by atoms with Crippen molar-refractivity contribution in [2.45, 2.75) is 75.8 Å². The summed E-state index contributed by atoms with van der Waals surface area (Å²) in [6, 6.07) is 24.5. The Labute approximate surface area is 216 Å². The molecule has 2 bridgehead atoms. The van der Waals surface area contributed by atoms with Crippen LogP contribution in [-0.2, 0) is 35.8 Å². The number of unbranched alkanes of at least 4 members (excludes halogenated alkanes) is 2. The van der Waals surface area contributed by atoms with Crippen molar-refractivity contribution in [3.8, 4) is 0 Å². The van der Waals surface area contributed by atoms with E-state index in [2.05, 4.69) is 59.4 Å². The first-order chi connectivity index (χ1) is 17.5. The lowest BCUT2D eigenvalue weighted by atomic mass is 9.93. The van der Waals surface area contributed by atoms with Crippen LogP contribution in [0, 0.1) is 11.8 Å². The van der Waals surface area contributed by atoms with Crippen LogP contribution >= 0.6 is 0 Å². The van der Waals surface area contributed by atoms with E-state index >= 15 is 0 Å². The molecule has 0 aromatic heterocycles. The SMILES string of the molecule is CCCCCc1ccc(CNc2ccc3c(c2)CC2CCC(C3)C2NS(=O)(=O)c2ccccc2)cc1. The van der Waals surface area contributed by atoms with Gasteiger partial charge in [-0.2, -0.15) is 0 Å². The summed E-state index contributed by atoms with van der Waals surface area (Å²) in [5.41, 5.74) is 6.58. The van der Waals surface area contributed by atoms with Crippen molar-refractivity contribution in [3.05, 3.63) is 95.1 Å². The summed E-state index contributed by atoms with van der Waals surface area (Å²) in [6.07, 6.45) is 9.01. The fourth-order valence-electron chi connectivity index (χ4n) is 5.97. The standard InChI is InChI=1S/C31H38N2O2S/c1-2-3-5-8-23-11-13-24(14-12-23)22-32-29-18-17-25-19-26-15-16-27(20-28(25)21-29)31(26)33-36(34,35)30-9-6-4-7-10-30/h4,6-7,9-14,17-18,21,26-27,31-33H,2-3,5,8,15-16,19-20,22H2,1H3. The largest absolute Gasteiger partial charge is 0.381 e. The van der Waals surface area contributed by atoms with Gasteiger partial charge in [-0.25, -0.2) is 13.1 Å². The molecule has 0 saturated heterocycles. The van der Waals surface area contributed by atoms with Gasteiger partial charge in [0.1, 0.15) is 0 Å². The van der Waals surface area contributed by atoms with E-state index in [0.29, 0.717) is 16.7 Å². The lowest BCUT2D eigenvalue weighted by molar-refractivity contribution is 0.386. The van der Waals surface area contributed by atoms with Crippen molar-refractivity contribution in [3.63, 3.8) is 0 Å². The minimum atomic E-state index is -3.51. The van der Waals surface area contributed by atoms with E-state index < -0.39 is 10.0 Å². The number of nitrogens with one attached hydrogen (secondary N) is 2. The molecule has 3 atom stereocenters. The monoisotopic (exact) mass is 502 g/mol. The second kappa shape index (κ2) is 11.2. The Bertz CT molecular complexity index is 1260. The lowest BCUT2D eigenvalue weighted by Crippen LogP contribution is -2.41. The third-order valence-corrected chi connectivity index (χ3v) is 9.50. The Morgan fingerprint density at radius 1 is 0.806 bits per heavy atom. The van der Waals surface area contributed by atoms with Gasteiger partial charge in [-0.15, -0.1) is 0 Å². The second-order valence-electron chi connectivity index (χ2n) is 10.6. The van der Waals surface area contributed by atoms with Crippen LogP contribution in [0.2, 0.25) is 0 Å². The molecule has 1 fully saturated rings. The molecule has 0 heterocycles. The zero-order chi connectivity index (χ0) is 25.0. The summed E-state index contributed by atoms with van der Waals surface area (Å²) in [5, 5.41) is 3.61. The molecule has 0 aliphatic heterocycles. The Morgan fingerprint density at radius 3 is 2.22 bits per heavy atom. The summed E-state index contributed by atoms with van der Waals surface area (Å²) in [6.45, 7) is 3.05. The van der Waals surface area contributed by atoms with Crippen LogP contribution in [0.3, 0.4) is 0 Å². The van der Waals surface area contributed by atoms with Crippen LogP contribution in [-0.4, -0.2) is 14.5 Å². The molecular formula is C31H38N2O2S. The van der Waals surface area contributed by atoms with Crippen molar-refractivity contribution in [2.24, 2.45) is 11.8 Å². The van der Waals surface area contributed by atoms with Crippen LogP contribution in [0.5, 0.6) is 0 Å². The number of hydrogen-bond donors (Lipinski definition) is 2. The molecule has 3 aromatic rings. The molecule has 2 aliphatic rings. The van der Waals surface area contributed by atoms with E-state index in [-0.39, 0.29) is 6.04 Å². The molecule has 36 heavy (non-hydrogen) atoms. The molecule has 5 heteroatoms. The first kappa shape index (κ1) is 25.0. The predicted octanol–water partition coefficient (Wildman–Crippen LogP) is 6.50. The highest BCUT2D eigenvalue weighted by molar-refractivity contribution is 7.89. The van der Waals surface area contributed by atoms with E-state index in [1.165, 1.54) is 41.5 Å². The molecular weight excluding hydrogens is 464 g/mol. The number of sulfonamides is 1. The molecule has 190 valence electrons. The van der Waals surface area contributed by atoms with Crippen LogP contribution < -0.4 is 10.0 Å². The fourth-order valence-corrected chi connectivity index (χ4v) is 7.36. The fraction of sp³-hybridized carbons (Fsp3) is 0.419. The third kappa shape index (κ3) is 5.84. The van der Waals surface area contributed by atoms with Crippen LogP contribution in [0.1, 0.15) is 61.3 Å². The quantitative estimate of drug-likeness (QED) is 0.311. The third-order valence-electron chi connectivity index (χ3n) is 8.03. The topological polar surface area (TPSA) is 58.2 Å². The first-order valence-corrected chi connectivity index (χ1v) is 15.0. The Balaban J connectivity index is 1.23. The highest BCUT2D eigenvalue weighted by Gasteiger charge is 2.41. The van der Waals surface area contributed by atoms with E-state index in [1.807, 2.05) is 6.07 Å². The maximum atomic E-state index is 13.0. The van der Waals surface area contributed by atoms with Crippen molar-refractivity contribution in [1.29, 1.82) is 0 Å². The Kier molecular flexibility index (Phi) is 7.78. The number of hydrogen-bond acceptors (Lipinski definition) is 3. The van der Waals surface area contributed by atoms with E-state index in [1.54, 1.807) is 24.3 Å². The van der Waals surface area contributed by atoms with Gasteiger partial charge in [0.25, 0.3) is 0 Å². The average molecular weight is 503 g/mol. The minimum Gasteiger partial charge on any atom is -0.381 e. The molecule has 3 aromatic carbocycles. The summed E-state index contributed by atoms with van der Waals surface area (Å²) >= 11 is 0. The normalized spacial score (nSPS) is 21.1. The predicted molar refractivity (Wildman–Crippen MR) is 148 cm³/mol. The number of benzene rings is 3. The van der Waals surface area contributed by atoms with Gasteiger partial charge >= 0.3 is 0 Å². The zero-order valence-corrected chi connectivity index (χ0v) is 22.1. The van der Waals surface area contributed by atoms with Crippen molar-refractivity contribution >= 4 is 15.7 Å². The molecule has 0 spiro atoms. The second-order valence-corrected chi connectivity index (χ2v) is 12.3. The van der Waals surface area contributed by atoms with Crippen molar-refractivity contribution in [2.75, 3.05) is 5.32 Å². The Hall–Kier alpha value is -2.63. The molecule has 2 N–H and O–H groups in total. The van der Waals surface area contributed by atoms with Crippen LogP contribution in [0.15, 0.2) is 77.7 Å². The summed E-state index contributed by atoms with van der Waals surface area (Å²) in [7, 11) is -3.51. The molecule has 2 aliphatic carbocycles. The van der Waals surface area contributed by atoms with E-state index in [4.69, 9.17) is 0 Å². The van der Waals surface area contributed by atoms with Gasteiger partial charge in [0, 0.05) is 18.3 Å². The van der Waals surface area contributed by atoms with Gasteiger partial charge in [-0.3, -0.25) is 0 Å². The number of anilines is 1. The molecule has 0 radical (unpaired) electrons. The maximum absolute atomic E-state index is 13.0. The van der Waals surface area contributed by atoms with Gasteiger partial charge < -0.3 is 5.32 Å². The molecule has 4 nitrogen and oxygen atoms in total. The van der Waals surface area contributed by atoms with Crippen LogP contribution in [0.4, 0.5) is 5.69 Å². The number of fused-ring (bicyclic) bond motifs is 3. The average Bonchev–Trinajstić information content (AvgIpc) is 3.17. The van der Waals surface area contributed by atoms with Crippen molar-refractivity contribution < 1.29 is 8.42 Å². The van der Waals surface area contributed by atoms with Gasteiger partial charge in [0.05, 0.1) is 4.90 Å². The number of aryl methyl sites for hydroxylation is 1. The maximum Gasteiger partial charge on any atom is 0.240 e. The zero-order valence-electron chi connectivity index (χ0n) is 21.2. The lowest BCUT2D eigenvalue weighted by Gasteiger charge is -2.23. The van der Waals surface area contributed by atoms with E-state index in [0.717, 1.165) is 44.3 Å². The van der Waals surface area contributed by atoms with Gasteiger partial charge in [-0.05, 0) is 96.9 Å². The highest BCUT2D eigenvalue weighted by Crippen LogP contribution is 2.41. The van der Waals surface area contributed by atoms with Gasteiger partial charge in [0.15, 0.2) is 0 Å². The molecule has 5 rings (SSSR count). The highest BCUT2D eigenvalue weighted by atomic mass is 32.2. The Morgan fingerprint density at radius 2 is 1.50 bits per heavy atom. The summed E-state index contributed by atoms with van der Waals surface area (Å²) in [4.78, 5) is 0.353. The summed E-state index contributed by atoms with van der Waals surface area (Å²) < 4.78 is 29.2. The molecule has 3 unspecified atom stereocenters. The molecule has 0 amide bonds. The van der Waals surface area contributed by atoms with E-state index in [9.17, 15) is 8.42 Å².